The highest BCUT2D eigenvalue weighted by Crippen LogP contribution is 2.22. The summed E-state index contributed by atoms with van der Waals surface area (Å²) in [4.78, 5) is 15.9. The van der Waals surface area contributed by atoms with Crippen LogP contribution in [0.1, 0.15) is 49.2 Å². The summed E-state index contributed by atoms with van der Waals surface area (Å²) in [6, 6.07) is 15.2. The van der Waals surface area contributed by atoms with Crippen LogP contribution in [0.2, 0.25) is 0 Å². The molecule has 1 amide bonds. The summed E-state index contributed by atoms with van der Waals surface area (Å²) in [7, 11) is 0. The van der Waals surface area contributed by atoms with Gasteiger partial charge in [0, 0.05) is 24.2 Å². The molecule has 0 aliphatic carbocycles. The Morgan fingerprint density at radius 3 is 2.48 bits per heavy atom. The van der Waals surface area contributed by atoms with Crippen molar-refractivity contribution in [1.82, 2.24) is 10.6 Å². The SMILES string of the molecule is CCNC(=NCc1cccc(C(N)=O)c1)NCc1ccccc1OC(C)(C)C.I. The maximum absolute atomic E-state index is 11.3. The molecule has 0 radical (unpaired) electrons. The highest BCUT2D eigenvalue weighted by molar-refractivity contribution is 14.0. The van der Waals surface area contributed by atoms with Crippen LogP contribution in [0.3, 0.4) is 0 Å². The van der Waals surface area contributed by atoms with E-state index in [0.717, 1.165) is 23.4 Å². The predicted octanol–water partition coefficient (Wildman–Crippen LogP) is 3.84. The van der Waals surface area contributed by atoms with Crippen LogP contribution in [0.15, 0.2) is 53.5 Å². The number of amides is 1. The number of rotatable bonds is 7. The van der Waals surface area contributed by atoms with Crippen molar-refractivity contribution in [3.63, 3.8) is 0 Å². The van der Waals surface area contributed by atoms with Crippen molar-refractivity contribution in [3.8, 4) is 5.75 Å². The summed E-state index contributed by atoms with van der Waals surface area (Å²) in [5.41, 5.74) is 7.54. The first-order valence-electron chi connectivity index (χ1n) is 9.46. The molecule has 6 nitrogen and oxygen atoms in total. The molecule has 29 heavy (non-hydrogen) atoms. The van der Waals surface area contributed by atoms with Gasteiger partial charge >= 0.3 is 0 Å². The zero-order valence-electron chi connectivity index (χ0n) is 17.5. The second-order valence-electron chi connectivity index (χ2n) is 7.44. The molecule has 0 aliphatic heterocycles. The number of benzene rings is 2. The van der Waals surface area contributed by atoms with Crippen LogP contribution < -0.4 is 21.1 Å². The molecule has 0 bridgehead atoms. The number of hydrogen-bond acceptors (Lipinski definition) is 3. The fraction of sp³-hybridized carbons (Fsp3) is 0.364. The van der Waals surface area contributed by atoms with Crippen molar-refractivity contribution in [2.45, 2.75) is 46.4 Å². The minimum absolute atomic E-state index is 0. The van der Waals surface area contributed by atoms with E-state index in [2.05, 4.69) is 15.6 Å². The average Bonchev–Trinajstić information content (AvgIpc) is 2.64. The van der Waals surface area contributed by atoms with Gasteiger partial charge in [0.1, 0.15) is 11.4 Å². The van der Waals surface area contributed by atoms with Crippen LogP contribution in [-0.4, -0.2) is 24.0 Å². The standard InChI is InChI=1S/C22H30N4O2.HI/c1-5-24-21(25-14-16-9-8-11-17(13-16)20(23)27)26-15-18-10-6-7-12-19(18)28-22(2,3)4;/h6-13H,5,14-15H2,1-4H3,(H2,23,27)(H2,24,25,26);1H. The lowest BCUT2D eigenvalue weighted by Gasteiger charge is -2.23. The minimum atomic E-state index is -0.439. The fourth-order valence-electron chi connectivity index (χ4n) is 2.59. The zero-order valence-corrected chi connectivity index (χ0v) is 19.8. The van der Waals surface area contributed by atoms with Gasteiger partial charge in [-0.25, -0.2) is 4.99 Å². The highest BCUT2D eigenvalue weighted by atomic mass is 127. The fourth-order valence-corrected chi connectivity index (χ4v) is 2.59. The molecule has 0 saturated carbocycles. The Hall–Kier alpha value is -2.29. The summed E-state index contributed by atoms with van der Waals surface area (Å²) in [6.07, 6.45) is 0. The monoisotopic (exact) mass is 510 g/mol. The van der Waals surface area contributed by atoms with Crippen molar-refractivity contribution >= 4 is 35.8 Å². The number of carbonyl (C=O) groups is 1. The summed E-state index contributed by atoms with van der Waals surface area (Å²) in [5.74, 6) is 1.11. The van der Waals surface area contributed by atoms with Crippen LogP contribution in [0.25, 0.3) is 0 Å². The summed E-state index contributed by atoms with van der Waals surface area (Å²) in [5, 5.41) is 6.57. The maximum Gasteiger partial charge on any atom is 0.248 e. The Morgan fingerprint density at radius 2 is 1.83 bits per heavy atom. The Kier molecular flexibility index (Phi) is 9.94. The second kappa shape index (κ2) is 11.6. The van der Waals surface area contributed by atoms with Crippen molar-refractivity contribution in [3.05, 3.63) is 65.2 Å². The van der Waals surface area contributed by atoms with Gasteiger partial charge in [0.15, 0.2) is 5.96 Å². The van der Waals surface area contributed by atoms with Gasteiger partial charge in [-0.3, -0.25) is 4.79 Å². The van der Waals surface area contributed by atoms with E-state index in [0.29, 0.717) is 24.6 Å². The molecule has 2 aromatic rings. The Labute approximate surface area is 190 Å². The summed E-state index contributed by atoms with van der Waals surface area (Å²) >= 11 is 0. The second-order valence-corrected chi connectivity index (χ2v) is 7.44. The van der Waals surface area contributed by atoms with E-state index in [1.165, 1.54) is 0 Å². The Bertz CT molecular complexity index is 832. The van der Waals surface area contributed by atoms with E-state index >= 15 is 0 Å². The van der Waals surface area contributed by atoms with Gasteiger partial charge in [0.25, 0.3) is 0 Å². The number of aliphatic imine (C=N–C) groups is 1. The molecule has 2 rings (SSSR count). The highest BCUT2D eigenvalue weighted by Gasteiger charge is 2.14. The molecule has 0 aromatic heterocycles. The van der Waals surface area contributed by atoms with E-state index in [1.807, 2.05) is 64.1 Å². The first kappa shape index (κ1) is 24.7. The number of nitrogens with zero attached hydrogens (tertiary/aromatic N) is 1. The molecule has 0 unspecified atom stereocenters. The number of nitrogens with two attached hydrogens (primary N) is 1. The molecule has 0 heterocycles. The first-order valence-corrected chi connectivity index (χ1v) is 9.46. The molecule has 158 valence electrons. The lowest BCUT2D eigenvalue weighted by molar-refractivity contribution is 0.1000. The summed E-state index contributed by atoms with van der Waals surface area (Å²) in [6.45, 7) is 9.87. The average molecular weight is 510 g/mol. The van der Waals surface area contributed by atoms with E-state index in [-0.39, 0.29) is 29.6 Å². The summed E-state index contributed by atoms with van der Waals surface area (Å²) < 4.78 is 6.05. The third kappa shape index (κ3) is 8.72. The van der Waals surface area contributed by atoms with Crippen LogP contribution in [0.5, 0.6) is 5.75 Å². The zero-order chi connectivity index (χ0) is 20.6. The Balaban J connectivity index is 0.00000420. The van der Waals surface area contributed by atoms with Crippen LogP contribution in [0, 0.1) is 0 Å². The van der Waals surface area contributed by atoms with Crippen molar-refractivity contribution in [1.29, 1.82) is 0 Å². The molecule has 0 spiro atoms. The third-order valence-corrected chi connectivity index (χ3v) is 3.81. The van der Waals surface area contributed by atoms with Crippen molar-refractivity contribution < 1.29 is 9.53 Å². The van der Waals surface area contributed by atoms with Gasteiger partial charge < -0.3 is 21.1 Å². The third-order valence-electron chi connectivity index (χ3n) is 3.81. The number of halogens is 1. The van der Waals surface area contributed by atoms with Gasteiger partial charge in [-0.15, -0.1) is 24.0 Å². The molecule has 7 heteroatoms. The first-order chi connectivity index (χ1) is 13.3. The molecule has 0 aliphatic rings. The molecule has 0 fully saturated rings. The molecule has 4 N–H and O–H groups in total. The number of primary amides is 1. The molecule has 2 aromatic carbocycles. The normalized spacial score (nSPS) is 11.4. The number of carbonyl (C=O) groups excluding carboxylic acids is 1. The maximum atomic E-state index is 11.3. The molecular weight excluding hydrogens is 479 g/mol. The van der Waals surface area contributed by atoms with Crippen LogP contribution in [0.4, 0.5) is 0 Å². The molecule has 0 atom stereocenters. The van der Waals surface area contributed by atoms with Crippen molar-refractivity contribution in [2.24, 2.45) is 10.7 Å². The Morgan fingerprint density at radius 1 is 1.10 bits per heavy atom. The van der Waals surface area contributed by atoms with Gasteiger partial charge in [-0.05, 0) is 51.5 Å². The van der Waals surface area contributed by atoms with Crippen LogP contribution >= 0.6 is 24.0 Å². The largest absolute Gasteiger partial charge is 0.488 e. The lowest BCUT2D eigenvalue weighted by atomic mass is 10.1. The van der Waals surface area contributed by atoms with Crippen LogP contribution in [-0.2, 0) is 13.1 Å². The van der Waals surface area contributed by atoms with Gasteiger partial charge in [-0.1, -0.05) is 30.3 Å². The smallest absolute Gasteiger partial charge is 0.248 e. The number of para-hydroxylation sites is 1. The van der Waals surface area contributed by atoms with E-state index in [4.69, 9.17) is 10.5 Å². The van der Waals surface area contributed by atoms with E-state index in [9.17, 15) is 4.79 Å². The van der Waals surface area contributed by atoms with E-state index in [1.54, 1.807) is 12.1 Å². The minimum Gasteiger partial charge on any atom is -0.488 e. The van der Waals surface area contributed by atoms with E-state index < -0.39 is 5.91 Å². The molecular formula is C22H31IN4O2. The number of nitrogens with one attached hydrogen (secondary N) is 2. The molecule has 0 saturated heterocycles. The number of ether oxygens (including phenoxy) is 1. The number of hydrogen-bond donors (Lipinski definition) is 3. The van der Waals surface area contributed by atoms with Gasteiger partial charge in [-0.2, -0.15) is 0 Å². The van der Waals surface area contributed by atoms with Gasteiger partial charge in [0.05, 0.1) is 6.54 Å². The number of guanidine groups is 1. The van der Waals surface area contributed by atoms with Crippen molar-refractivity contribution in [2.75, 3.05) is 6.54 Å². The predicted molar refractivity (Wildman–Crippen MR) is 129 cm³/mol. The van der Waals surface area contributed by atoms with Gasteiger partial charge in [0.2, 0.25) is 5.91 Å². The lowest BCUT2D eigenvalue weighted by Crippen LogP contribution is -2.37. The quantitative estimate of drug-likeness (QED) is 0.300. The topological polar surface area (TPSA) is 88.7 Å².